The summed E-state index contributed by atoms with van der Waals surface area (Å²) in [6, 6.07) is 15.5. The van der Waals surface area contributed by atoms with Crippen molar-refractivity contribution in [1.29, 1.82) is 0 Å². The number of aromatic nitrogens is 4. The second-order valence-electron chi connectivity index (χ2n) is 8.02. The summed E-state index contributed by atoms with van der Waals surface area (Å²) in [4.78, 5) is 30.9. The Morgan fingerprint density at radius 2 is 1.85 bits per heavy atom. The molecule has 0 aliphatic carbocycles. The Kier molecular flexibility index (Phi) is 6.22. The van der Waals surface area contributed by atoms with Crippen LogP contribution in [0.15, 0.2) is 66.0 Å². The Morgan fingerprint density at radius 3 is 2.55 bits per heavy atom. The van der Waals surface area contributed by atoms with Crippen molar-refractivity contribution in [2.45, 2.75) is 40.2 Å². The van der Waals surface area contributed by atoms with Crippen molar-refractivity contribution in [2.24, 2.45) is 0 Å². The average Bonchev–Trinajstić information content (AvgIpc) is 3.26. The van der Waals surface area contributed by atoms with E-state index in [0.29, 0.717) is 29.4 Å². The first kappa shape index (κ1) is 22.2. The number of para-hydroxylation sites is 1. The summed E-state index contributed by atoms with van der Waals surface area (Å²) in [6.45, 7) is 10.1. The smallest absolute Gasteiger partial charge is 0.279 e. The highest BCUT2D eigenvalue weighted by atomic mass is 16.2. The second kappa shape index (κ2) is 9.24. The van der Waals surface area contributed by atoms with Crippen LogP contribution in [0.4, 0.5) is 5.69 Å². The largest absolute Gasteiger partial charge is 0.326 e. The number of carbonyl (C=O) groups is 1. The van der Waals surface area contributed by atoms with E-state index >= 15 is 0 Å². The number of nitrogens with one attached hydrogen (secondary N) is 1. The number of aryl methyl sites for hydroxylation is 2. The third-order valence-electron chi connectivity index (χ3n) is 5.75. The molecule has 0 spiro atoms. The highest BCUT2D eigenvalue weighted by Crippen LogP contribution is 2.19. The van der Waals surface area contributed by atoms with Gasteiger partial charge in [0.15, 0.2) is 5.82 Å². The number of hydrogen-bond donors (Lipinski definition) is 1. The van der Waals surface area contributed by atoms with Crippen molar-refractivity contribution in [3.63, 3.8) is 0 Å². The Bertz CT molecular complexity index is 1400. The second-order valence-corrected chi connectivity index (χ2v) is 8.02. The van der Waals surface area contributed by atoms with Gasteiger partial charge in [0.2, 0.25) is 11.7 Å². The van der Waals surface area contributed by atoms with Gasteiger partial charge in [0, 0.05) is 29.1 Å². The molecule has 1 N–H and O–H groups in total. The molecule has 0 aliphatic rings. The third kappa shape index (κ3) is 4.35. The third-order valence-corrected chi connectivity index (χ3v) is 5.75. The molecule has 0 aliphatic heterocycles. The minimum atomic E-state index is -0.340. The highest BCUT2D eigenvalue weighted by Gasteiger charge is 2.20. The molecule has 7 heteroatoms. The number of amides is 1. The summed E-state index contributed by atoms with van der Waals surface area (Å²) in [5.74, 6) is 0.635. The van der Waals surface area contributed by atoms with Crippen molar-refractivity contribution >= 4 is 17.4 Å². The molecule has 0 bridgehead atoms. The number of benzene rings is 2. The van der Waals surface area contributed by atoms with Crippen molar-refractivity contribution in [1.82, 2.24) is 19.2 Å². The quantitative estimate of drug-likeness (QED) is 0.438. The van der Waals surface area contributed by atoms with E-state index in [-0.39, 0.29) is 17.9 Å². The Labute approximate surface area is 192 Å². The number of carbonyl (C=O) groups excluding carboxylic acids is 1. The van der Waals surface area contributed by atoms with Gasteiger partial charge in [-0.05, 0) is 31.9 Å². The topological polar surface area (TPSA) is 81.3 Å². The van der Waals surface area contributed by atoms with Crippen molar-refractivity contribution < 1.29 is 4.79 Å². The van der Waals surface area contributed by atoms with Gasteiger partial charge in [-0.15, -0.1) is 11.7 Å². The molecule has 4 aromatic rings. The zero-order valence-corrected chi connectivity index (χ0v) is 19.1. The van der Waals surface area contributed by atoms with Crippen LogP contribution >= 0.6 is 0 Å². The normalized spacial score (nSPS) is 11.0. The van der Waals surface area contributed by atoms with E-state index in [1.54, 1.807) is 6.08 Å². The molecule has 0 atom stereocenters. The number of nitrogens with zero attached hydrogens (tertiary/aromatic N) is 4. The van der Waals surface area contributed by atoms with E-state index in [1.165, 1.54) is 4.52 Å². The standard InChI is InChI=1S/C26H27N5O2/c1-5-15-30-18(4)21(16-23(32)27-22-10-8-7-9-19(22)6-2)25(33)31-26(30)28-24(29-31)20-13-11-17(3)12-14-20/h5,7-14H,1,6,15-16H2,2-4H3,(H,27,32). The van der Waals surface area contributed by atoms with Crippen LogP contribution in [0.5, 0.6) is 0 Å². The molecular weight excluding hydrogens is 414 g/mol. The highest BCUT2D eigenvalue weighted by molar-refractivity contribution is 5.93. The molecule has 0 saturated carbocycles. The molecule has 33 heavy (non-hydrogen) atoms. The molecule has 7 nitrogen and oxygen atoms in total. The molecule has 0 fully saturated rings. The Hall–Kier alpha value is -4.00. The van der Waals surface area contributed by atoms with E-state index in [2.05, 4.69) is 22.0 Å². The summed E-state index contributed by atoms with van der Waals surface area (Å²) in [7, 11) is 0. The number of hydrogen-bond acceptors (Lipinski definition) is 4. The number of fused-ring (bicyclic) bond motifs is 1. The number of rotatable bonds is 7. The van der Waals surface area contributed by atoms with Gasteiger partial charge in [0.1, 0.15) is 0 Å². The fourth-order valence-corrected chi connectivity index (χ4v) is 3.89. The molecule has 2 heterocycles. The lowest BCUT2D eigenvalue weighted by atomic mass is 10.1. The van der Waals surface area contributed by atoms with E-state index in [4.69, 9.17) is 0 Å². The van der Waals surface area contributed by atoms with Gasteiger partial charge in [-0.25, -0.2) is 0 Å². The molecule has 168 valence electrons. The maximum atomic E-state index is 13.4. The van der Waals surface area contributed by atoms with Crippen LogP contribution in [0.25, 0.3) is 17.2 Å². The van der Waals surface area contributed by atoms with E-state index in [9.17, 15) is 9.59 Å². The lowest BCUT2D eigenvalue weighted by Crippen LogP contribution is -2.29. The molecule has 0 unspecified atom stereocenters. The molecule has 2 aromatic heterocycles. The summed E-state index contributed by atoms with van der Waals surface area (Å²) in [6.07, 6.45) is 2.48. The zero-order chi connectivity index (χ0) is 23.5. The van der Waals surface area contributed by atoms with Crippen LogP contribution in [0.3, 0.4) is 0 Å². The van der Waals surface area contributed by atoms with Crippen molar-refractivity contribution in [2.75, 3.05) is 5.32 Å². The minimum absolute atomic E-state index is 0.0600. The van der Waals surface area contributed by atoms with Gasteiger partial charge in [-0.2, -0.15) is 9.50 Å². The van der Waals surface area contributed by atoms with Crippen molar-refractivity contribution in [3.8, 4) is 11.4 Å². The first-order valence-electron chi connectivity index (χ1n) is 11.0. The van der Waals surface area contributed by atoms with E-state index < -0.39 is 0 Å². The molecule has 4 rings (SSSR count). The SMILES string of the molecule is C=CCn1c(C)c(CC(=O)Nc2ccccc2CC)c(=O)n2nc(-c3ccc(C)cc3)nc12. The van der Waals surface area contributed by atoms with Crippen LogP contribution in [-0.2, 0) is 24.2 Å². The van der Waals surface area contributed by atoms with Gasteiger partial charge in [-0.3, -0.25) is 9.59 Å². The summed E-state index contributed by atoms with van der Waals surface area (Å²) in [5, 5.41) is 7.43. The van der Waals surface area contributed by atoms with Gasteiger partial charge in [-0.1, -0.05) is 61.0 Å². The summed E-state index contributed by atoms with van der Waals surface area (Å²) >= 11 is 0. The Balaban J connectivity index is 1.76. The number of allylic oxidation sites excluding steroid dienone is 1. The van der Waals surface area contributed by atoms with Crippen LogP contribution in [0.2, 0.25) is 0 Å². The number of anilines is 1. The average molecular weight is 442 g/mol. The van der Waals surface area contributed by atoms with Crippen LogP contribution in [0.1, 0.15) is 29.3 Å². The molecular formula is C26H27N5O2. The molecule has 1 amide bonds. The minimum Gasteiger partial charge on any atom is -0.326 e. The lowest BCUT2D eigenvalue weighted by Gasteiger charge is -2.14. The predicted octanol–water partition coefficient (Wildman–Crippen LogP) is 4.10. The lowest BCUT2D eigenvalue weighted by molar-refractivity contribution is -0.115. The van der Waals surface area contributed by atoms with Crippen LogP contribution in [-0.4, -0.2) is 25.1 Å². The molecule has 2 aromatic carbocycles. The van der Waals surface area contributed by atoms with Gasteiger partial charge in [0.25, 0.3) is 5.56 Å². The summed E-state index contributed by atoms with van der Waals surface area (Å²) in [5.41, 5.74) is 4.47. The fraction of sp³-hybridized carbons (Fsp3) is 0.231. The van der Waals surface area contributed by atoms with Crippen molar-refractivity contribution in [3.05, 3.63) is 93.9 Å². The van der Waals surface area contributed by atoms with Gasteiger partial charge < -0.3 is 9.88 Å². The van der Waals surface area contributed by atoms with Crippen LogP contribution < -0.4 is 10.9 Å². The first-order valence-corrected chi connectivity index (χ1v) is 11.0. The van der Waals surface area contributed by atoms with Gasteiger partial charge >= 0.3 is 0 Å². The maximum absolute atomic E-state index is 13.4. The maximum Gasteiger partial charge on any atom is 0.279 e. The van der Waals surface area contributed by atoms with Gasteiger partial charge in [0.05, 0.1) is 6.42 Å². The predicted molar refractivity (Wildman–Crippen MR) is 131 cm³/mol. The first-order chi connectivity index (χ1) is 15.9. The fourth-order valence-electron chi connectivity index (χ4n) is 3.89. The van der Waals surface area contributed by atoms with Crippen LogP contribution in [0, 0.1) is 13.8 Å². The monoisotopic (exact) mass is 441 g/mol. The summed E-state index contributed by atoms with van der Waals surface area (Å²) < 4.78 is 3.15. The zero-order valence-electron chi connectivity index (χ0n) is 19.1. The molecule has 0 saturated heterocycles. The van der Waals surface area contributed by atoms with E-state index in [0.717, 1.165) is 28.8 Å². The van der Waals surface area contributed by atoms with E-state index in [1.807, 2.05) is 73.9 Å². The molecule has 0 radical (unpaired) electrons. The Morgan fingerprint density at radius 1 is 1.12 bits per heavy atom.